The summed E-state index contributed by atoms with van der Waals surface area (Å²) in [5, 5.41) is 4.55. The molecule has 100 valence electrons. The molecule has 20 heavy (non-hydrogen) atoms. The molecule has 3 rings (SSSR count). The van der Waals surface area contributed by atoms with E-state index < -0.39 is 0 Å². The molecule has 0 saturated carbocycles. The van der Waals surface area contributed by atoms with E-state index in [2.05, 4.69) is 61.5 Å². The number of nitrogens with one attached hydrogen (secondary N) is 1. The molecule has 0 unspecified atom stereocenters. The molecule has 2 heterocycles. The minimum absolute atomic E-state index is 0.771. The summed E-state index contributed by atoms with van der Waals surface area (Å²) >= 11 is 3.41. The van der Waals surface area contributed by atoms with Gasteiger partial charge in [-0.05, 0) is 58.2 Å². The van der Waals surface area contributed by atoms with Crippen molar-refractivity contribution in [1.29, 1.82) is 0 Å². The van der Waals surface area contributed by atoms with Crippen LogP contribution in [0.25, 0.3) is 10.9 Å². The molecule has 3 aromatic rings. The summed E-state index contributed by atoms with van der Waals surface area (Å²) in [7, 11) is 0. The second-order valence-electron chi connectivity index (χ2n) is 4.72. The second kappa shape index (κ2) is 5.59. The van der Waals surface area contributed by atoms with Crippen LogP contribution in [0.3, 0.4) is 0 Å². The fourth-order valence-electron chi connectivity index (χ4n) is 2.09. The van der Waals surface area contributed by atoms with Crippen LogP contribution in [0.5, 0.6) is 0 Å². The number of rotatable bonds is 3. The van der Waals surface area contributed by atoms with E-state index in [1.807, 2.05) is 25.4 Å². The maximum atomic E-state index is 4.33. The highest BCUT2D eigenvalue weighted by Gasteiger charge is 2.00. The lowest BCUT2D eigenvalue weighted by molar-refractivity contribution is 1.12. The Labute approximate surface area is 126 Å². The summed E-state index contributed by atoms with van der Waals surface area (Å²) in [6.45, 7) is 2.80. The van der Waals surface area contributed by atoms with E-state index in [1.54, 1.807) is 0 Å². The van der Waals surface area contributed by atoms with Crippen molar-refractivity contribution in [1.82, 2.24) is 9.97 Å². The topological polar surface area (TPSA) is 37.8 Å². The maximum absolute atomic E-state index is 4.33. The number of nitrogens with zero attached hydrogens (tertiary/aromatic N) is 2. The van der Waals surface area contributed by atoms with Crippen molar-refractivity contribution < 1.29 is 0 Å². The van der Waals surface area contributed by atoms with Gasteiger partial charge in [0.1, 0.15) is 4.60 Å². The first-order valence-corrected chi connectivity index (χ1v) is 7.21. The van der Waals surface area contributed by atoms with Crippen molar-refractivity contribution in [3.63, 3.8) is 0 Å². The van der Waals surface area contributed by atoms with E-state index in [1.165, 1.54) is 5.56 Å². The van der Waals surface area contributed by atoms with Crippen molar-refractivity contribution >= 4 is 32.5 Å². The molecule has 0 saturated heterocycles. The molecule has 2 aromatic heterocycles. The SMILES string of the molecule is Cc1cc(NCc2ccc3ncccc3c2)cnc1Br. The van der Waals surface area contributed by atoms with E-state index >= 15 is 0 Å². The van der Waals surface area contributed by atoms with Gasteiger partial charge in [0.2, 0.25) is 0 Å². The third-order valence-electron chi connectivity index (χ3n) is 3.18. The van der Waals surface area contributed by atoms with Crippen LogP contribution >= 0.6 is 15.9 Å². The third kappa shape index (κ3) is 2.80. The fraction of sp³-hybridized carbons (Fsp3) is 0.125. The number of halogens is 1. The summed E-state index contributed by atoms with van der Waals surface area (Å²) in [5.74, 6) is 0. The summed E-state index contributed by atoms with van der Waals surface area (Å²) in [4.78, 5) is 8.61. The van der Waals surface area contributed by atoms with Crippen LogP contribution < -0.4 is 5.32 Å². The molecule has 0 amide bonds. The van der Waals surface area contributed by atoms with Crippen LogP contribution in [0.4, 0.5) is 5.69 Å². The van der Waals surface area contributed by atoms with Crippen molar-refractivity contribution in [2.75, 3.05) is 5.32 Å². The minimum atomic E-state index is 0.771. The number of aromatic nitrogens is 2. The first kappa shape index (κ1) is 13.1. The average Bonchev–Trinajstić information content (AvgIpc) is 2.48. The van der Waals surface area contributed by atoms with Crippen LogP contribution in [0.2, 0.25) is 0 Å². The Morgan fingerprint density at radius 2 is 2.05 bits per heavy atom. The van der Waals surface area contributed by atoms with Gasteiger partial charge in [0.25, 0.3) is 0 Å². The van der Waals surface area contributed by atoms with Crippen LogP contribution in [0, 0.1) is 6.92 Å². The van der Waals surface area contributed by atoms with E-state index in [-0.39, 0.29) is 0 Å². The molecule has 4 heteroatoms. The van der Waals surface area contributed by atoms with Crippen LogP contribution in [0.15, 0.2) is 53.4 Å². The number of pyridine rings is 2. The summed E-state index contributed by atoms with van der Waals surface area (Å²) in [6, 6.07) is 12.4. The van der Waals surface area contributed by atoms with Gasteiger partial charge in [0.15, 0.2) is 0 Å². The van der Waals surface area contributed by atoms with Gasteiger partial charge in [-0.15, -0.1) is 0 Å². The highest BCUT2D eigenvalue weighted by Crippen LogP contribution is 2.18. The third-order valence-corrected chi connectivity index (χ3v) is 4.01. The van der Waals surface area contributed by atoms with Gasteiger partial charge in [0.05, 0.1) is 17.4 Å². The maximum Gasteiger partial charge on any atom is 0.109 e. The minimum Gasteiger partial charge on any atom is -0.380 e. The van der Waals surface area contributed by atoms with Gasteiger partial charge >= 0.3 is 0 Å². The molecular formula is C16H14BrN3. The lowest BCUT2D eigenvalue weighted by Gasteiger charge is -2.08. The predicted molar refractivity (Wildman–Crippen MR) is 85.7 cm³/mol. The number of hydrogen-bond donors (Lipinski definition) is 1. The number of fused-ring (bicyclic) bond motifs is 1. The van der Waals surface area contributed by atoms with Crippen molar-refractivity contribution in [3.05, 3.63) is 64.5 Å². The predicted octanol–water partition coefficient (Wildman–Crippen LogP) is 4.31. The number of hydrogen-bond acceptors (Lipinski definition) is 3. The van der Waals surface area contributed by atoms with Gasteiger partial charge in [0, 0.05) is 18.1 Å². The van der Waals surface area contributed by atoms with Gasteiger partial charge in [-0.1, -0.05) is 12.1 Å². The van der Waals surface area contributed by atoms with Crippen molar-refractivity contribution in [2.24, 2.45) is 0 Å². The van der Waals surface area contributed by atoms with Crippen LogP contribution in [-0.4, -0.2) is 9.97 Å². The van der Waals surface area contributed by atoms with E-state index in [9.17, 15) is 0 Å². The Bertz CT molecular complexity index is 756. The van der Waals surface area contributed by atoms with E-state index in [0.29, 0.717) is 0 Å². The molecule has 0 spiro atoms. The molecule has 0 radical (unpaired) electrons. The van der Waals surface area contributed by atoms with Crippen molar-refractivity contribution in [2.45, 2.75) is 13.5 Å². The molecule has 1 aromatic carbocycles. The number of anilines is 1. The average molecular weight is 328 g/mol. The van der Waals surface area contributed by atoms with E-state index in [4.69, 9.17) is 0 Å². The van der Waals surface area contributed by atoms with E-state index in [0.717, 1.165) is 33.3 Å². The van der Waals surface area contributed by atoms with Crippen molar-refractivity contribution in [3.8, 4) is 0 Å². The largest absolute Gasteiger partial charge is 0.380 e. The van der Waals surface area contributed by atoms with Gasteiger partial charge in [-0.2, -0.15) is 0 Å². The fourth-order valence-corrected chi connectivity index (χ4v) is 2.31. The van der Waals surface area contributed by atoms with Crippen LogP contribution in [-0.2, 0) is 6.54 Å². The molecular weight excluding hydrogens is 314 g/mol. The van der Waals surface area contributed by atoms with Gasteiger partial charge < -0.3 is 5.32 Å². The van der Waals surface area contributed by atoms with Gasteiger partial charge in [-0.3, -0.25) is 4.98 Å². The Morgan fingerprint density at radius 3 is 2.90 bits per heavy atom. The molecule has 0 aliphatic rings. The Balaban J connectivity index is 1.77. The molecule has 1 N–H and O–H groups in total. The first-order valence-electron chi connectivity index (χ1n) is 6.42. The zero-order valence-electron chi connectivity index (χ0n) is 11.1. The Hall–Kier alpha value is -1.94. The first-order chi connectivity index (χ1) is 9.72. The smallest absolute Gasteiger partial charge is 0.109 e. The highest BCUT2D eigenvalue weighted by atomic mass is 79.9. The Kier molecular flexibility index (Phi) is 3.65. The molecule has 3 nitrogen and oxygen atoms in total. The van der Waals surface area contributed by atoms with Gasteiger partial charge in [-0.25, -0.2) is 4.98 Å². The number of benzene rings is 1. The summed E-state index contributed by atoms with van der Waals surface area (Å²) in [6.07, 6.45) is 3.65. The summed E-state index contributed by atoms with van der Waals surface area (Å²) in [5.41, 5.74) is 4.40. The molecule has 0 aliphatic carbocycles. The lowest BCUT2D eigenvalue weighted by atomic mass is 10.1. The zero-order valence-corrected chi connectivity index (χ0v) is 12.7. The lowest BCUT2D eigenvalue weighted by Crippen LogP contribution is -2.00. The molecule has 0 bridgehead atoms. The zero-order chi connectivity index (χ0) is 13.9. The highest BCUT2D eigenvalue weighted by molar-refractivity contribution is 9.10. The molecule has 0 atom stereocenters. The van der Waals surface area contributed by atoms with Crippen LogP contribution in [0.1, 0.15) is 11.1 Å². The normalized spacial score (nSPS) is 10.7. The molecule has 0 fully saturated rings. The number of aryl methyl sites for hydroxylation is 1. The Morgan fingerprint density at radius 1 is 1.15 bits per heavy atom. The summed E-state index contributed by atoms with van der Waals surface area (Å²) < 4.78 is 0.889. The molecule has 0 aliphatic heterocycles. The second-order valence-corrected chi connectivity index (χ2v) is 5.47. The standard InChI is InChI=1S/C16H14BrN3/c1-11-7-14(10-20-16(11)17)19-9-12-4-5-15-13(8-12)3-2-6-18-15/h2-8,10,19H,9H2,1H3. The quantitative estimate of drug-likeness (QED) is 0.728. The monoisotopic (exact) mass is 327 g/mol.